The second kappa shape index (κ2) is 7.37. The van der Waals surface area contributed by atoms with Crippen LogP contribution in [-0.2, 0) is 4.79 Å². The van der Waals surface area contributed by atoms with E-state index in [2.05, 4.69) is 10.6 Å². The van der Waals surface area contributed by atoms with Crippen molar-refractivity contribution in [3.8, 4) is 0 Å². The molecular formula is C15H17FN3O3+. The van der Waals surface area contributed by atoms with Crippen molar-refractivity contribution in [1.82, 2.24) is 5.32 Å². The molecule has 3 amide bonds. The summed E-state index contributed by atoms with van der Waals surface area (Å²) in [5, 5.41) is 6.14. The number of hydrogen-bond acceptors (Lipinski definition) is 3. The van der Waals surface area contributed by atoms with E-state index < -0.39 is 17.8 Å². The first kappa shape index (κ1) is 15.7. The van der Waals surface area contributed by atoms with Crippen molar-refractivity contribution in [3.05, 3.63) is 54.2 Å². The third-order valence-electron chi connectivity index (χ3n) is 3.02. The molecule has 0 spiro atoms. The molecule has 6 nitrogen and oxygen atoms in total. The van der Waals surface area contributed by atoms with Gasteiger partial charge in [0.05, 0.1) is 12.0 Å². The van der Waals surface area contributed by atoms with Gasteiger partial charge in [-0.05, 0) is 31.2 Å². The summed E-state index contributed by atoms with van der Waals surface area (Å²) >= 11 is 0. The minimum Gasteiger partial charge on any atom is -0.463 e. The van der Waals surface area contributed by atoms with Gasteiger partial charge in [0.2, 0.25) is 0 Å². The number of halogens is 1. The number of amides is 3. The Morgan fingerprint density at radius 3 is 2.73 bits per heavy atom. The number of carbonyl (C=O) groups is 2. The van der Waals surface area contributed by atoms with E-state index in [0.29, 0.717) is 0 Å². The lowest BCUT2D eigenvalue weighted by molar-refractivity contribution is -0.684. The highest BCUT2D eigenvalue weighted by atomic mass is 19.1. The lowest BCUT2D eigenvalue weighted by Crippen LogP contribution is -2.87. The number of furan rings is 1. The van der Waals surface area contributed by atoms with E-state index in [1.165, 1.54) is 18.2 Å². The predicted octanol–water partition coefficient (Wildman–Crippen LogP) is 1.39. The zero-order valence-electron chi connectivity index (χ0n) is 12.0. The van der Waals surface area contributed by atoms with Gasteiger partial charge in [0.25, 0.3) is 5.91 Å². The van der Waals surface area contributed by atoms with Crippen molar-refractivity contribution in [2.75, 3.05) is 11.9 Å². The van der Waals surface area contributed by atoms with Crippen molar-refractivity contribution >= 4 is 17.6 Å². The lowest BCUT2D eigenvalue weighted by Gasteiger charge is -2.09. The molecule has 116 valence electrons. The molecule has 1 aromatic carbocycles. The highest BCUT2D eigenvalue weighted by molar-refractivity contribution is 6.01. The van der Waals surface area contributed by atoms with E-state index >= 15 is 0 Å². The van der Waals surface area contributed by atoms with E-state index in [1.54, 1.807) is 23.7 Å². The van der Waals surface area contributed by atoms with Crippen LogP contribution in [-0.4, -0.2) is 18.5 Å². The maximum Gasteiger partial charge on any atom is 0.326 e. The van der Waals surface area contributed by atoms with E-state index in [1.807, 2.05) is 13.0 Å². The average Bonchev–Trinajstić information content (AvgIpc) is 3.01. The Labute approximate surface area is 126 Å². The first-order valence-electron chi connectivity index (χ1n) is 6.78. The minimum atomic E-state index is -0.769. The quantitative estimate of drug-likeness (QED) is 0.780. The number of nitrogens with two attached hydrogens (primary N) is 1. The molecule has 1 aromatic heterocycles. The first-order chi connectivity index (χ1) is 10.6. The van der Waals surface area contributed by atoms with Crippen LogP contribution in [0.15, 0.2) is 47.1 Å². The molecule has 0 saturated carbocycles. The summed E-state index contributed by atoms with van der Waals surface area (Å²) in [5.74, 6) is -0.307. The molecule has 0 saturated heterocycles. The van der Waals surface area contributed by atoms with E-state index in [4.69, 9.17) is 4.42 Å². The molecule has 0 aliphatic carbocycles. The topological polar surface area (TPSA) is 88.0 Å². The summed E-state index contributed by atoms with van der Waals surface area (Å²) in [6, 6.07) is 8.48. The van der Waals surface area contributed by atoms with Crippen LogP contribution in [0.1, 0.15) is 18.7 Å². The van der Waals surface area contributed by atoms with Crippen LogP contribution in [0.5, 0.6) is 0 Å². The zero-order valence-corrected chi connectivity index (χ0v) is 12.0. The second-order valence-corrected chi connectivity index (χ2v) is 4.73. The van der Waals surface area contributed by atoms with E-state index in [-0.39, 0.29) is 18.3 Å². The number of para-hydroxylation sites is 1. The Kier molecular flexibility index (Phi) is 5.26. The summed E-state index contributed by atoms with van der Waals surface area (Å²) in [6.07, 6.45) is 1.56. The molecule has 2 aromatic rings. The summed E-state index contributed by atoms with van der Waals surface area (Å²) in [6.45, 7) is 1.93. The molecule has 22 heavy (non-hydrogen) atoms. The van der Waals surface area contributed by atoms with Gasteiger partial charge in [0.1, 0.15) is 11.9 Å². The largest absolute Gasteiger partial charge is 0.463 e. The Hall–Kier alpha value is -2.67. The predicted molar refractivity (Wildman–Crippen MR) is 77.5 cm³/mol. The Morgan fingerprint density at radius 1 is 1.27 bits per heavy atom. The van der Waals surface area contributed by atoms with Gasteiger partial charge >= 0.3 is 6.03 Å². The number of nitrogens with one attached hydrogen (secondary N) is 2. The van der Waals surface area contributed by atoms with Crippen molar-refractivity contribution < 1.29 is 23.7 Å². The smallest absolute Gasteiger partial charge is 0.326 e. The third kappa shape index (κ3) is 4.42. The Balaban J connectivity index is 1.77. The zero-order chi connectivity index (χ0) is 15.9. The number of imide groups is 1. The first-order valence-corrected chi connectivity index (χ1v) is 6.78. The van der Waals surface area contributed by atoms with E-state index in [9.17, 15) is 14.0 Å². The summed E-state index contributed by atoms with van der Waals surface area (Å²) in [5.41, 5.74) is 0.0146. The number of urea groups is 1. The number of anilines is 1. The van der Waals surface area contributed by atoms with Gasteiger partial charge < -0.3 is 15.1 Å². The molecule has 1 atom stereocenters. The van der Waals surface area contributed by atoms with Crippen molar-refractivity contribution in [3.63, 3.8) is 0 Å². The molecule has 2 rings (SSSR count). The van der Waals surface area contributed by atoms with Crippen LogP contribution in [0, 0.1) is 5.82 Å². The monoisotopic (exact) mass is 306 g/mol. The van der Waals surface area contributed by atoms with Gasteiger partial charge in [-0.15, -0.1) is 0 Å². The molecular weight excluding hydrogens is 289 g/mol. The third-order valence-corrected chi connectivity index (χ3v) is 3.02. The Bertz CT molecular complexity index is 643. The minimum absolute atomic E-state index is 0.0146. The van der Waals surface area contributed by atoms with Crippen LogP contribution >= 0.6 is 0 Å². The number of carbonyl (C=O) groups excluding carboxylic acids is 2. The standard InChI is InChI=1S/C15H16FN3O3/c1-10(13-7-4-8-22-13)17-9-14(20)19-15(21)18-12-6-3-2-5-11(12)16/h2-8,10,17H,9H2,1H3,(H2,18,19,20,21)/p+1/t10-/m0/s1. The van der Waals surface area contributed by atoms with Gasteiger partial charge in [-0.2, -0.15) is 0 Å². The van der Waals surface area contributed by atoms with Gasteiger partial charge in [0.15, 0.2) is 12.3 Å². The van der Waals surface area contributed by atoms with Gasteiger partial charge in [0, 0.05) is 0 Å². The fourth-order valence-electron chi connectivity index (χ4n) is 1.84. The van der Waals surface area contributed by atoms with Crippen molar-refractivity contribution in [2.45, 2.75) is 13.0 Å². The molecule has 0 unspecified atom stereocenters. The maximum absolute atomic E-state index is 13.4. The van der Waals surface area contributed by atoms with Crippen LogP contribution < -0.4 is 16.0 Å². The molecule has 0 radical (unpaired) electrons. The van der Waals surface area contributed by atoms with Gasteiger partial charge in [-0.25, -0.2) is 9.18 Å². The Morgan fingerprint density at radius 2 is 2.05 bits per heavy atom. The normalized spacial score (nSPS) is 11.7. The molecule has 0 aliphatic rings. The summed E-state index contributed by atoms with van der Waals surface area (Å²) in [7, 11) is 0. The second-order valence-electron chi connectivity index (χ2n) is 4.73. The number of hydrogen-bond donors (Lipinski definition) is 3. The van der Waals surface area contributed by atoms with Crippen molar-refractivity contribution in [2.24, 2.45) is 0 Å². The molecule has 0 fully saturated rings. The SMILES string of the molecule is C[C@H]([NH2+]CC(=O)NC(=O)Nc1ccccc1F)c1ccco1. The van der Waals surface area contributed by atoms with Crippen LogP contribution in [0.4, 0.5) is 14.9 Å². The van der Waals surface area contributed by atoms with E-state index in [0.717, 1.165) is 5.76 Å². The molecule has 4 N–H and O–H groups in total. The summed E-state index contributed by atoms with van der Waals surface area (Å²) < 4.78 is 18.6. The average molecular weight is 306 g/mol. The van der Waals surface area contributed by atoms with Crippen LogP contribution in [0.3, 0.4) is 0 Å². The maximum atomic E-state index is 13.4. The van der Waals surface area contributed by atoms with Gasteiger partial charge in [-0.3, -0.25) is 10.1 Å². The molecule has 0 bridgehead atoms. The fraction of sp³-hybridized carbons (Fsp3) is 0.200. The molecule has 7 heteroatoms. The number of quaternary nitrogens is 1. The van der Waals surface area contributed by atoms with Gasteiger partial charge in [-0.1, -0.05) is 12.1 Å². The highest BCUT2D eigenvalue weighted by Gasteiger charge is 2.15. The molecule has 0 aliphatic heterocycles. The number of rotatable bonds is 5. The van der Waals surface area contributed by atoms with Crippen molar-refractivity contribution in [1.29, 1.82) is 0 Å². The number of benzene rings is 1. The highest BCUT2D eigenvalue weighted by Crippen LogP contribution is 2.11. The molecule has 1 heterocycles. The summed E-state index contributed by atoms with van der Waals surface area (Å²) in [4.78, 5) is 23.3. The van der Waals surface area contributed by atoms with Crippen LogP contribution in [0.25, 0.3) is 0 Å². The lowest BCUT2D eigenvalue weighted by atomic mass is 10.2. The fourth-order valence-corrected chi connectivity index (χ4v) is 1.84. The van der Waals surface area contributed by atoms with Crippen LogP contribution in [0.2, 0.25) is 0 Å².